The average Bonchev–Trinajstić information content (AvgIpc) is 3.11. The first-order valence-electron chi connectivity index (χ1n) is 18.1. The lowest BCUT2D eigenvalue weighted by Crippen LogP contribution is -2.62. The molecule has 1 aliphatic carbocycles. The molecule has 312 valence electrons. The summed E-state index contributed by atoms with van der Waals surface area (Å²) < 4.78 is 77.1. The first-order valence-corrected chi connectivity index (χ1v) is 18.1. The van der Waals surface area contributed by atoms with E-state index in [1.807, 2.05) is 25.7 Å². The number of hydrogen-bond acceptors (Lipinski definition) is 7. The Hall–Kier alpha value is -4.00. The number of piperazine rings is 1. The molecular weight excluding hydrogens is 747 g/mol. The van der Waals surface area contributed by atoms with Gasteiger partial charge in [0.05, 0.1) is 11.5 Å². The molecule has 3 amide bonds. The molecule has 0 aromatic heterocycles. The number of nitrogens with zero attached hydrogens (tertiary/aromatic N) is 1. The molecule has 55 heavy (non-hydrogen) atoms. The number of aliphatic carboxylic acids is 2. The number of carboxylic acids is 2. The molecule has 3 aliphatic rings. The summed E-state index contributed by atoms with van der Waals surface area (Å²) in [7, 11) is 0. The number of halogens is 7. The van der Waals surface area contributed by atoms with E-state index in [0.29, 0.717) is 51.0 Å². The van der Waals surface area contributed by atoms with Crippen LogP contribution in [-0.4, -0.2) is 107 Å². The van der Waals surface area contributed by atoms with Gasteiger partial charge in [0.2, 0.25) is 17.7 Å². The summed E-state index contributed by atoms with van der Waals surface area (Å²) in [6, 6.07) is 5.20. The number of benzene rings is 1. The number of carbonyl (C=O) groups excluding carboxylic acids is 3. The Bertz CT molecular complexity index is 1410. The lowest BCUT2D eigenvalue weighted by molar-refractivity contribution is -0.193. The van der Waals surface area contributed by atoms with E-state index in [-0.39, 0.29) is 35.5 Å². The highest BCUT2D eigenvalue weighted by molar-refractivity contribution is 5.91. The van der Waals surface area contributed by atoms with Crippen molar-refractivity contribution in [1.82, 2.24) is 26.2 Å². The fourth-order valence-electron chi connectivity index (χ4n) is 6.80. The highest BCUT2D eigenvalue weighted by Gasteiger charge is 2.49. The second kappa shape index (κ2) is 20.2. The monoisotopic (exact) mass is 799 g/mol. The molecule has 2 aliphatic heterocycles. The number of amides is 3. The molecule has 0 spiro atoms. The number of likely N-dealkylation sites (tertiary alicyclic amines) is 1. The van der Waals surface area contributed by atoms with Crippen LogP contribution in [0.2, 0.25) is 0 Å². The largest absolute Gasteiger partial charge is 0.490 e. The Labute approximate surface area is 315 Å². The van der Waals surface area contributed by atoms with Crippen molar-refractivity contribution in [3.05, 3.63) is 35.6 Å². The van der Waals surface area contributed by atoms with Crippen molar-refractivity contribution in [2.75, 3.05) is 26.2 Å². The van der Waals surface area contributed by atoms with Crippen molar-refractivity contribution in [3.8, 4) is 0 Å². The van der Waals surface area contributed by atoms with Crippen molar-refractivity contribution < 1.29 is 64.9 Å². The SMILES string of the molecule is CC[C@@H]1CN[C@H](C(=O)N[C@H](Cc2ccc(F)cc2)C(=O)N2CCC(C(=O)NC(C)(C)C)(C3CCCCC3)CC2)CN1.O=C(O)C(F)(F)F.O=C(O)C(F)(F)F. The molecule has 19 heteroatoms. The molecule has 12 nitrogen and oxygen atoms in total. The molecular formula is C36H52F7N5O7. The molecule has 2 saturated heterocycles. The molecule has 4 rings (SSSR count). The Morgan fingerprint density at radius 2 is 1.36 bits per heavy atom. The van der Waals surface area contributed by atoms with Gasteiger partial charge in [0.1, 0.15) is 11.9 Å². The van der Waals surface area contributed by atoms with E-state index in [9.17, 15) is 45.1 Å². The number of hydrogen-bond donors (Lipinski definition) is 6. The summed E-state index contributed by atoms with van der Waals surface area (Å²) in [5.74, 6) is -5.78. The van der Waals surface area contributed by atoms with Gasteiger partial charge < -0.3 is 36.4 Å². The summed E-state index contributed by atoms with van der Waals surface area (Å²) in [6.07, 6.45) is -2.07. The smallest absolute Gasteiger partial charge is 0.475 e. The summed E-state index contributed by atoms with van der Waals surface area (Å²) in [4.78, 5) is 60.6. The third kappa shape index (κ3) is 15.2. The summed E-state index contributed by atoms with van der Waals surface area (Å²) in [6.45, 7) is 10.3. The summed E-state index contributed by atoms with van der Waals surface area (Å²) >= 11 is 0. The first kappa shape index (κ1) is 47.2. The third-order valence-corrected chi connectivity index (χ3v) is 9.78. The number of carbonyl (C=O) groups is 5. The van der Waals surface area contributed by atoms with Gasteiger partial charge in [-0.3, -0.25) is 14.4 Å². The van der Waals surface area contributed by atoms with Crippen LogP contribution in [-0.2, 0) is 30.4 Å². The van der Waals surface area contributed by atoms with Gasteiger partial charge in [-0.05, 0) is 76.5 Å². The van der Waals surface area contributed by atoms with Crippen LogP contribution >= 0.6 is 0 Å². The lowest BCUT2D eigenvalue weighted by Gasteiger charge is -2.48. The van der Waals surface area contributed by atoms with Crippen molar-refractivity contribution in [3.63, 3.8) is 0 Å². The number of alkyl halides is 6. The van der Waals surface area contributed by atoms with Gasteiger partial charge in [0.25, 0.3) is 0 Å². The number of carboxylic acid groups (broad SMARTS) is 2. The molecule has 1 saturated carbocycles. The average molecular weight is 800 g/mol. The molecule has 3 atom stereocenters. The van der Waals surface area contributed by atoms with Crippen LogP contribution in [0.3, 0.4) is 0 Å². The van der Waals surface area contributed by atoms with Gasteiger partial charge in [-0.1, -0.05) is 38.3 Å². The standard InChI is InChI=1S/C32H50FN5O3.2C2HF3O2/c1-5-25-20-35-27(21-34-25)28(39)36-26(19-22-11-13-24(33)14-12-22)29(40)38-17-15-32(16-18-38,23-9-7-6-8-10-23)30(41)37-31(2,3)4;2*3-2(4,5)1(6)7/h11-14,23,25-27,34-35H,5-10,15-21H2,1-4H3,(H,36,39)(H,37,41);2*(H,6,7)/t25-,26-,27+;;/m1../s1. The zero-order valence-corrected chi connectivity index (χ0v) is 31.3. The van der Waals surface area contributed by atoms with Crippen LogP contribution in [0.15, 0.2) is 24.3 Å². The van der Waals surface area contributed by atoms with Gasteiger partial charge in [0.15, 0.2) is 0 Å². The predicted molar refractivity (Wildman–Crippen MR) is 186 cm³/mol. The molecule has 0 radical (unpaired) electrons. The minimum atomic E-state index is -5.08. The van der Waals surface area contributed by atoms with E-state index < -0.39 is 41.8 Å². The Balaban J connectivity index is 0.000000633. The van der Waals surface area contributed by atoms with Crippen LogP contribution in [0.1, 0.15) is 84.6 Å². The molecule has 3 fully saturated rings. The zero-order chi connectivity index (χ0) is 41.8. The van der Waals surface area contributed by atoms with E-state index in [1.54, 1.807) is 12.1 Å². The van der Waals surface area contributed by atoms with Gasteiger partial charge in [0, 0.05) is 44.2 Å². The van der Waals surface area contributed by atoms with Crippen LogP contribution in [0.5, 0.6) is 0 Å². The molecule has 1 aromatic rings. The molecule has 0 bridgehead atoms. The van der Waals surface area contributed by atoms with Crippen LogP contribution in [0.25, 0.3) is 0 Å². The van der Waals surface area contributed by atoms with E-state index in [4.69, 9.17) is 19.8 Å². The highest BCUT2D eigenvalue weighted by atomic mass is 19.4. The van der Waals surface area contributed by atoms with E-state index in [1.165, 1.54) is 18.6 Å². The fraction of sp³-hybridized carbons (Fsp3) is 0.694. The maximum Gasteiger partial charge on any atom is 0.490 e. The first-order chi connectivity index (χ1) is 25.4. The minimum absolute atomic E-state index is 0.112. The van der Waals surface area contributed by atoms with E-state index in [2.05, 4.69) is 28.2 Å². The minimum Gasteiger partial charge on any atom is -0.475 e. The number of rotatable bonds is 8. The topological polar surface area (TPSA) is 177 Å². The highest BCUT2D eigenvalue weighted by Crippen LogP contribution is 2.46. The maximum absolute atomic E-state index is 14.0. The molecule has 1 aromatic carbocycles. The molecule has 2 heterocycles. The van der Waals surface area contributed by atoms with Crippen molar-refractivity contribution >= 4 is 29.7 Å². The Morgan fingerprint density at radius 1 is 0.855 bits per heavy atom. The molecule has 0 unspecified atom stereocenters. The van der Waals surface area contributed by atoms with Crippen LogP contribution in [0, 0.1) is 17.2 Å². The Morgan fingerprint density at radius 3 is 1.78 bits per heavy atom. The van der Waals surface area contributed by atoms with E-state index in [0.717, 1.165) is 37.7 Å². The van der Waals surface area contributed by atoms with Crippen molar-refractivity contribution in [2.24, 2.45) is 11.3 Å². The third-order valence-electron chi connectivity index (χ3n) is 9.78. The van der Waals surface area contributed by atoms with Gasteiger partial charge in [-0.15, -0.1) is 0 Å². The maximum atomic E-state index is 14.0. The normalized spacial score (nSPS) is 21.0. The van der Waals surface area contributed by atoms with Crippen molar-refractivity contribution in [1.29, 1.82) is 0 Å². The second-order valence-corrected chi connectivity index (χ2v) is 15.0. The van der Waals surface area contributed by atoms with Gasteiger partial charge >= 0.3 is 24.3 Å². The summed E-state index contributed by atoms with van der Waals surface area (Å²) in [5.41, 5.74) is -0.0211. The summed E-state index contributed by atoms with van der Waals surface area (Å²) in [5, 5.41) is 27.2. The predicted octanol–water partition coefficient (Wildman–Crippen LogP) is 4.56. The lowest BCUT2D eigenvalue weighted by atomic mass is 9.63. The van der Waals surface area contributed by atoms with Crippen LogP contribution in [0.4, 0.5) is 30.7 Å². The molecule has 6 N–H and O–H groups in total. The van der Waals surface area contributed by atoms with E-state index >= 15 is 0 Å². The van der Waals surface area contributed by atoms with Gasteiger partial charge in [-0.2, -0.15) is 26.3 Å². The zero-order valence-electron chi connectivity index (χ0n) is 31.3. The second-order valence-electron chi connectivity index (χ2n) is 15.0. The number of piperidine rings is 1. The fourth-order valence-corrected chi connectivity index (χ4v) is 6.80. The van der Waals surface area contributed by atoms with Crippen molar-refractivity contribution in [2.45, 2.75) is 121 Å². The quantitative estimate of drug-likeness (QED) is 0.206. The number of nitrogens with one attached hydrogen (secondary N) is 4. The van der Waals surface area contributed by atoms with Crippen LogP contribution < -0.4 is 21.3 Å². The van der Waals surface area contributed by atoms with Gasteiger partial charge in [-0.25, -0.2) is 14.0 Å². The Kier molecular flexibility index (Phi) is 17.4.